The smallest absolute Gasteiger partial charge is 0.290 e. The molecular formula is C8H10N4O3. The zero-order valence-corrected chi connectivity index (χ0v) is 8.09. The monoisotopic (exact) mass is 210 g/mol. The van der Waals surface area contributed by atoms with Crippen molar-refractivity contribution in [1.82, 2.24) is 20.2 Å². The molecule has 2 rings (SSSR count). The van der Waals surface area contributed by atoms with Gasteiger partial charge in [0.1, 0.15) is 17.9 Å². The van der Waals surface area contributed by atoms with Crippen molar-refractivity contribution >= 4 is 11.0 Å². The van der Waals surface area contributed by atoms with E-state index in [4.69, 9.17) is 4.74 Å². The Morgan fingerprint density at radius 2 is 2.00 bits per heavy atom. The van der Waals surface area contributed by atoms with Crippen LogP contribution in [0.4, 0.5) is 0 Å². The fourth-order valence-electron chi connectivity index (χ4n) is 1.25. The Labute approximate surface area is 83.5 Å². The van der Waals surface area contributed by atoms with E-state index in [9.17, 15) is 9.59 Å². The molecule has 2 aromatic rings. The van der Waals surface area contributed by atoms with Gasteiger partial charge in [0.05, 0.1) is 0 Å². The zero-order chi connectivity index (χ0) is 10.8. The van der Waals surface area contributed by atoms with Gasteiger partial charge in [-0.15, -0.1) is 0 Å². The second-order valence-electron chi connectivity index (χ2n) is 2.95. The van der Waals surface area contributed by atoms with Crippen LogP contribution in [0, 0.1) is 0 Å². The van der Waals surface area contributed by atoms with Crippen molar-refractivity contribution in [2.24, 2.45) is 0 Å². The molecule has 0 saturated carbocycles. The van der Waals surface area contributed by atoms with E-state index in [0.29, 0.717) is 12.4 Å². The topological polar surface area (TPSA) is 104 Å². The molecular weight excluding hydrogens is 200 g/mol. The third kappa shape index (κ3) is 1.68. The first-order chi connectivity index (χ1) is 7.22. The highest BCUT2D eigenvalue weighted by atomic mass is 16.5. The van der Waals surface area contributed by atoms with E-state index in [0.717, 1.165) is 0 Å². The Bertz CT molecular complexity index is 532. The molecule has 0 amide bonds. The van der Waals surface area contributed by atoms with Crippen molar-refractivity contribution in [2.45, 2.75) is 13.5 Å². The fraction of sp³-hybridized carbons (Fsp3) is 0.375. The minimum atomic E-state index is -0.427. The van der Waals surface area contributed by atoms with E-state index in [1.807, 2.05) is 6.92 Å². The predicted molar refractivity (Wildman–Crippen MR) is 52.7 cm³/mol. The maximum Gasteiger partial charge on any atom is 0.290 e. The Hall–Kier alpha value is -1.89. The Kier molecular flexibility index (Phi) is 2.38. The van der Waals surface area contributed by atoms with Gasteiger partial charge in [-0.05, 0) is 6.92 Å². The molecule has 2 aromatic heterocycles. The fourth-order valence-corrected chi connectivity index (χ4v) is 1.25. The Morgan fingerprint density at radius 1 is 1.27 bits per heavy atom. The quantitative estimate of drug-likeness (QED) is 0.633. The number of imidazole rings is 1. The van der Waals surface area contributed by atoms with Crippen molar-refractivity contribution in [3.8, 4) is 0 Å². The molecule has 80 valence electrons. The minimum absolute atomic E-state index is 0.105. The van der Waals surface area contributed by atoms with Gasteiger partial charge in [-0.1, -0.05) is 0 Å². The number of ether oxygens (including phenoxy) is 1. The van der Waals surface area contributed by atoms with Gasteiger partial charge in [-0.25, -0.2) is 4.98 Å². The molecule has 7 nitrogen and oxygen atoms in total. The van der Waals surface area contributed by atoms with E-state index < -0.39 is 11.1 Å². The molecule has 0 aliphatic heterocycles. The first-order valence-electron chi connectivity index (χ1n) is 4.49. The van der Waals surface area contributed by atoms with E-state index in [2.05, 4.69) is 20.2 Å². The van der Waals surface area contributed by atoms with Gasteiger partial charge < -0.3 is 9.72 Å². The molecule has 0 spiro atoms. The second-order valence-corrected chi connectivity index (χ2v) is 2.95. The standard InChI is InChI=1S/C8H10N4O3/c1-2-15-3-4-9-5-6(10-4)8(14)12-11-7(5)13/h2-3H2,1H3,(H,9,10)(H,11,13)(H,12,14). The number of hydrogen-bond acceptors (Lipinski definition) is 4. The van der Waals surface area contributed by atoms with Crippen LogP contribution in [-0.2, 0) is 11.3 Å². The van der Waals surface area contributed by atoms with Crippen molar-refractivity contribution in [3.63, 3.8) is 0 Å². The number of rotatable bonds is 3. The first kappa shape index (κ1) is 9.66. The number of aromatic amines is 3. The largest absolute Gasteiger partial charge is 0.374 e. The van der Waals surface area contributed by atoms with Crippen LogP contribution in [0.5, 0.6) is 0 Å². The van der Waals surface area contributed by atoms with Crippen molar-refractivity contribution in [1.29, 1.82) is 0 Å². The number of nitrogens with zero attached hydrogens (tertiary/aromatic N) is 1. The highest BCUT2D eigenvalue weighted by Gasteiger charge is 2.08. The molecule has 15 heavy (non-hydrogen) atoms. The highest BCUT2D eigenvalue weighted by molar-refractivity contribution is 5.72. The van der Waals surface area contributed by atoms with E-state index >= 15 is 0 Å². The van der Waals surface area contributed by atoms with Gasteiger partial charge in [-0.2, -0.15) is 0 Å². The molecule has 0 unspecified atom stereocenters. The average Bonchev–Trinajstić information content (AvgIpc) is 2.66. The van der Waals surface area contributed by atoms with E-state index in [-0.39, 0.29) is 17.6 Å². The molecule has 2 heterocycles. The zero-order valence-electron chi connectivity index (χ0n) is 8.09. The van der Waals surface area contributed by atoms with Gasteiger partial charge in [0, 0.05) is 6.61 Å². The predicted octanol–water partition coefficient (Wildman–Crippen LogP) is -0.524. The van der Waals surface area contributed by atoms with Crippen LogP contribution in [-0.4, -0.2) is 26.8 Å². The summed E-state index contributed by atoms with van der Waals surface area (Å²) in [6.45, 7) is 2.65. The molecule has 0 aromatic carbocycles. The van der Waals surface area contributed by atoms with Gasteiger partial charge in [0.25, 0.3) is 11.1 Å². The Balaban J connectivity index is 2.55. The lowest BCUT2D eigenvalue weighted by Gasteiger charge is -1.94. The number of hydrogen-bond donors (Lipinski definition) is 3. The number of fused-ring (bicyclic) bond motifs is 1. The summed E-state index contributed by atoms with van der Waals surface area (Å²) < 4.78 is 5.11. The molecule has 0 aliphatic carbocycles. The minimum Gasteiger partial charge on any atom is -0.374 e. The summed E-state index contributed by atoms with van der Waals surface area (Å²) in [6, 6.07) is 0. The van der Waals surface area contributed by atoms with E-state index in [1.54, 1.807) is 0 Å². The van der Waals surface area contributed by atoms with Crippen LogP contribution in [0.2, 0.25) is 0 Å². The molecule has 3 N–H and O–H groups in total. The molecule has 0 fully saturated rings. The number of aromatic nitrogens is 4. The summed E-state index contributed by atoms with van der Waals surface area (Å²) >= 11 is 0. The van der Waals surface area contributed by atoms with Gasteiger partial charge in [0.2, 0.25) is 0 Å². The molecule has 0 saturated heterocycles. The summed E-state index contributed by atoms with van der Waals surface area (Å²) in [5.74, 6) is 0.467. The van der Waals surface area contributed by atoms with Crippen LogP contribution in [0.15, 0.2) is 9.59 Å². The van der Waals surface area contributed by atoms with Crippen LogP contribution in [0.3, 0.4) is 0 Å². The third-order valence-corrected chi connectivity index (χ3v) is 1.93. The van der Waals surface area contributed by atoms with Crippen LogP contribution >= 0.6 is 0 Å². The maximum absolute atomic E-state index is 11.3. The van der Waals surface area contributed by atoms with Crippen molar-refractivity contribution < 1.29 is 4.74 Å². The molecule has 7 heteroatoms. The Morgan fingerprint density at radius 3 is 2.67 bits per heavy atom. The number of H-pyrrole nitrogens is 3. The molecule has 0 atom stereocenters. The highest BCUT2D eigenvalue weighted by Crippen LogP contribution is 2.01. The molecule has 0 radical (unpaired) electrons. The normalized spacial score (nSPS) is 11.0. The first-order valence-corrected chi connectivity index (χ1v) is 4.49. The molecule has 0 bridgehead atoms. The van der Waals surface area contributed by atoms with Crippen molar-refractivity contribution in [2.75, 3.05) is 6.61 Å². The summed E-state index contributed by atoms with van der Waals surface area (Å²) in [6.07, 6.45) is 0. The van der Waals surface area contributed by atoms with Crippen LogP contribution < -0.4 is 11.1 Å². The lowest BCUT2D eigenvalue weighted by atomic mass is 10.5. The lowest BCUT2D eigenvalue weighted by Crippen LogP contribution is -2.18. The lowest BCUT2D eigenvalue weighted by molar-refractivity contribution is 0.129. The molecule has 0 aliphatic rings. The summed E-state index contributed by atoms with van der Waals surface area (Å²) in [4.78, 5) is 29.3. The average molecular weight is 210 g/mol. The summed E-state index contributed by atoms with van der Waals surface area (Å²) in [5.41, 5.74) is -0.551. The SMILES string of the molecule is CCOCc1nc2c(=O)[nH][nH]c(=O)c2[nH]1. The van der Waals surface area contributed by atoms with Crippen molar-refractivity contribution in [3.05, 3.63) is 26.5 Å². The number of nitrogens with one attached hydrogen (secondary N) is 3. The van der Waals surface area contributed by atoms with Crippen LogP contribution in [0.1, 0.15) is 12.7 Å². The van der Waals surface area contributed by atoms with Crippen LogP contribution in [0.25, 0.3) is 11.0 Å². The summed E-state index contributed by atoms with van der Waals surface area (Å²) in [7, 11) is 0. The van der Waals surface area contributed by atoms with Gasteiger partial charge >= 0.3 is 0 Å². The van der Waals surface area contributed by atoms with Gasteiger partial charge in [0.15, 0.2) is 5.52 Å². The maximum atomic E-state index is 11.3. The van der Waals surface area contributed by atoms with Gasteiger partial charge in [-0.3, -0.25) is 19.8 Å². The second kappa shape index (κ2) is 3.70. The summed E-state index contributed by atoms with van der Waals surface area (Å²) in [5, 5.41) is 4.40. The third-order valence-electron chi connectivity index (χ3n) is 1.93. The van der Waals surface area contributed by atoms with E-state index in [1.165, 1.54) is 0 Å².